The monoisotopic (exact) mass is 367 g/mol. The van der Waals surface area contributed by atoms with E-state index in [0.717, 1.165) is 17.0 Å². The first-order chi connectivity index (χ1) is 12.6. The molecule has 2 aromatic carbocycles. The average Bonchev–Trinajstić information content (AvgIpc) is 3.00. The molecule has 26 heavy (non-hydrogen) atoms. The number of amides is 1. The van der Waals surface area contributed by atoms with E-state index < -0.39 is 0 Å². The normalized spacial score (nSPS) is 10.4. The first kappa shape index (κ1) is 17.9. The highest BCUT2D eigenvalue weighted by atomic mass is 32.1. The number of methoxy groups -OCH3 is 1. The minimum absolute atomic E-state index is 0.116. The number of aryl methyl sites for hydroxylation is 2. The third-order valence-electron chi connectivity index (χ3n) is 3.89. The summed E-state index contributed by atoms with van der Waals surface area (Å²) in [6.45, 7) is 4.37. The number of para-hydroxylation sites is 2. The van der Waals surface area contributed by atoms with Crippen molar-refractivity contribution in [3.8, 4) is 5.75 Å². The molecule has 0 bridgehead atoms. The number of aromatic nitrogens is 1. The molecule has 0 aliphatic heterocycles. The number of carbonyl (C=O) groups is 1. The second kappa shape index (κ2) is 8.01. The molecule has 2 N–H and O–H groups in total. The van der Waals surface area contributed by atoms with Crippen molar-refractivity contribution in [2.75, 3.05) is 12.4 Å². The molecule has 0 radical (unpaired) electrons. The van der Waals surface area contributed by atoms with E-state index in [1.807, 2.05) is 56.3 Å². The first-order valence-corrected chi connectivity index (χ1v) is 9.09. The Morgan fingerprint density at radius 2 is 1.96 bits per heavy atom. The molecule has 6 heteroatoms. The van der Waals surface area contributed by atoms with Crippen LogP contribution < -0.4 is 15.4 Å². The molecule has 0 fully saturated rings. The smallest absolute Gasteiger partial charge is 0.263 e. The number of hydrogen-bond acceptors (Lipinski definition) is 5. The molecule has 1 heterocycles. The fourth-order valence-corrected chi connectivity index (χ4v) is 3.50. The summed E-state index contributed by atoms with van der Waals surface area (Å²) in [4.78, 5) is 17.6. The number of ether oxygens (including phenoxy) is 1. The van der Waals surface area contributed by atoms with Crippen LogP contribution in [0.2, 0.25) is 0 Å². The van der Waals surface area contributed by atoms with Gasteiger partial charge in [-0.2, -0.15) is 0 Å². The molecule has 1 amide bonds. The molecule has 0 aliphatic rings. The van der Waals surface area contributed by atoms with Gasteiger partial charge in [0, 0.05) is 6.54 Å². The zero-order valence-electron chi connectivity index (χ0n) is 15.0. The van der Waals surface area contributed by atoms with Crippen LogP contribution in [-0.2, 0) is 6.54 Å². The molecule has 134 valence electrons. The lowest BCUT2D eigenvalue weighted by molar-refractivity contribution is 0.0954. The van der Waals surface area contributed by atoms with Gasteiger partial charge in [0.2, 0.25) is 0 Å². The number of nitrogens with zero attached hydrogens (tertiary/aromatic N) is 1. The third-order valence-corrected chi connectivity index (χ3v) is 4.96. The molecular formula is C20H21N3O2S. The lowest BCUT2D eigenvalue weighted by Gasteiger charge is -2.08. The van der Waals surface area contributed by atoms with Crippen LogP contribution in [0.1, 0.15) is 26.5 Å². The quantitative estimate of drug-likeness (QED) is 0.676. The Morgan fingerprint density at radius 1 is 1.15 bits per heavy atom. The zero-order chi connectivity index (χ0) is 18.5. The molecule has 0 saturated heterocycles. The number of nitrogens with one attached hydrogen (secondary N) is 2. The Bertz CT molecular complexity index is 921. The Hall–Kier alpha value is -2.86. The molecule has 0 atom stereocenters. The molecule has 5 nitrogen and oxygen atoms in total. The largest absolute Gasteiger partial charge is 0.495 e. The predicted molar refractivity (Wildman–Crippen MR) is 105 cm³/mol. The maximum atomic E-state index is 12.5. The number of thiazole rings is 1. The Kier molecular flexibility index (Phi) is 5.53. The summed E-state index contributed by atoms with van der Waals surface area (Å²) in [5.74, 6) is 0.611. The minimum Gasteiger partial charge on any atom is -0.495 e. The zero-order valence-corrected chi connectivity index (χ0v) is 15.8. The molecule has 0 saturated carbocycles. The molecule has 3 aromatic rings. The van der Waals surface area contributed by atoms with E-state index in [-0.39, 0.29) is 5.91 Å². The topological polar surface area (TPSA) is 63.2 Å². The number of benzene rings is 2. The fourth-order valence-electron chi connectivity index (χ4n) is 2.61. The standard InChI is InChI=1S/C20H21N3O2S/c1-13-7-6-8-15(11-13)12-21-19(24)18-14(2)22-20(26-18)23-16-9-4-5-10-17(16)25-3/h4-11H,12H2,1-3H3,(H,21,24)(H,22,23). The van der Waals surface area contributed by atoms with Crippen LogP contribution >= 0.6 is 11.3 Å². The van der Waals surface area contributed by atoms with E-state index in [0.29, 0.717) is 22.2 Å². The summed E-state index contributed by atoms with van der Waals surface area (Å²) < 4.78 is 5.33. The van der Waals surface area contributed by atoms with Gasteiger partial charge < -0.3 is 15.4 Å². The van der Waals surface area contributed by atoms with Crippen LogP contribution in [0, 0.1) is 13.8 Å². The maximum Gasteiger partial charge on any atom is 0.263 e. The molecule has 0 unspecified atom stereocenters. The summed E-state index contributed by atoms with van der Waals surface area (Å²) >= 11 is 1.33. The van der Waals surface area contributed by atoms with Crippen LogP contribution in [0.5, 0.6) is 5.75 Å². The van der Waals surface area contributed by atoms with Crippen molar-refractivity contribution in [2.45, 2.75) is 20.4 Å². The Balaban J connectivity index is 1.70. The van der Waals surface area contributed by atoms with Gasteiger partial charge in [-0.3, -0.25) is 4.79 Å². The Labute approximate surface area is 157 Å². The van der Waals surface area contributed by atoms with E-state index in [1.54, 1.807) is 7.11 Å². The molecular weight excluding hydrogens is 346 g/mol. The first-order valence-electron chi connectivity index (χ1n) is 8.28. The highest BCUT2D eigenvalue weighted by molar-refractivity contribution is 7.17. The lowest BCUT2D eigenvalue weighted by Crippen LogP contribution is -2.22. The highest BCUT2D eigenvalue weighted by Crippen LogP contribution is 2.30. The van der Waals surface area contributed by atoms with Crippen LogP contribution in [0.15, 0.2) is 48.5 Å². The second-order valence-corrected chi connectivity index (χ2v) is 6.93. The Morgan fingerprint density at radius 3 is 2.73 bits per heavy atom. The van der Waals surface area contributed by atoms with Crippen molar-refractivity contribution in [3.63, 3.8) is 0 Å². The summed E-state index contributed by atoms with van der Waals surface area (Å²) in [5, 5.41) is 6.85. The van der Waals surface area contributed by atoms with Crippen LogP contribution in [0.3, 0.4) is 0 Å². The molecule has 0 spiro atoms. The van der Waals surface area contributed by atoms with Gasteiger partial charge in [0.15, 0.2) is 5.13 Å². The lowest BCUT2D eigenvalue weighted by atomic mass is 10.1. The van der Waals surface area contributed by atoms with Crippen molar-refractivity contribution in [2.24, 2.45) is 0 Å². The van der Waals surface area contributed by atoms with Crippen molar-refractivity contribution in [1.82, 2.24) is 10.3 Å². The van der Waals surface area contributed by atoms with Crippen LogP contribution in [0.4, 0.5) is 10.8 Å². The predicted octanol–water partition coefficient (Wildman–Crippen LogP) is 4.44. The maximum absolute atomic E-state index is 12.5. The van der Waals surface area contributed by atoms with Gasteiger partial charge in [-0.25, -0.2) is 4.98 Å². The van der Waals surface area contributed by atoms with Crippen molar-refractivity contribution in [1.29, 1.82) is 0 Å². The van der Waals surface area contributed by atoms with Gasteiger partial charge in [0.25, 0.3) is 5.91 Å². The molecule has 1 aromatic heterocycles. The SMILES string of the molecule is COc1ccccc1Nc1nc(C)c(C(=O)NCc2cccc(C)c2)s1. The number of anilines is 2. The van der Waals surface area contributed by atoms with Crippen molar-refractivity contribution >= 4 is 28.1 Å². The minimum atomic E-state index is -0.116. The van der Waals surface area contributed by atoms with E-state index in [4.69, 9.17) is 4.74 Å². The third kappa shape index (κ3) is 4.21. The van der Waals surface area contributed by atoms with Gasteiger partial charge in [0.05, 0.1) is 18.5 Å². The van der Waals surface area contributed by atoms with Crippen LogP contribution in [0.25, 0.3) is 0 Å². The van der Waals surface area contributed by atoms with Gasteiger partial charge >= 0.3 is 0 Å². The van der Waals surface area contributed by atoms with E-state index >= 15 is 0 Å². The van der Waals surface area contributed by atoms with Gasteiger partial charge in [-0.1, -0.05) is 53.3 Å². The van der Waals surface area contributed by atoms with E-state index in [9.17, 15) is 4.79 Å². The van der Waals surface area contributed by atoms with Gasteiger partial charge in [0.1, 0.15) is 10.6 Å². The summed E-state index contributed by atoms with van der Waals surface area (Å²) in [5.41, 5.74) is 3.77. The number of carbonyl (C=O) groups excluding carboxylic acids is 1. The summed E-state index contributed by atoms with van der Waals surface area (Å²) in [6, 6.07) is 15.7. The van der Waals surface area contributed by atoms with Crippen molar-refractivity contribution < 1.29 is 9.53 Å². The van der Waals surface area contributed by atoms with Gasteiger partial charge in [-0.05, 0) is 31.5 Å². The molecule has 3 rings (SSSR count). The highest BCUT2D eigenvalue weighted by Gasteiger charge is 2.16. The molecule has 0 aliphatic carbocycles. The van der Waals surface area contributed by atoms with Gasteiger partial charge in [-0.15, -0.1) is 0 Å². The van der Waals surface area contributed by atoms with Crippen molar-refractivity contribution in [3.05, 3.63) is 70.2 Å². The second-order valence-electron chi connectivity index (χ2n) is 5.93. The number of rotatable bonds is 6. The van der Waals surface area contributed by atoms with Crippen LogP contribution in [-0.4, -0.2) is 18.0 Å². The summed E-state index contributed by atoms with van der Waals surface area (Å²) in [6.07, 6.45) is 0. The average molecular weight is 367 g/mol. The number of hydrogen-bond donors (Lipinski definition) is 2. The van der Waals surface area contributed by atoms with E-state index in [1.165, 1.54) is 16.9 Å². The summed E-state index contributed by atoms with van der Waals surface area (Å²) in [7, 11) is 1.62. The van der Waals surface area contributed by atoms with E-state index in [2.05, 4.69) is 21.7 Å². The fraction of sp³-hybridized carbons (Fsp3) is 0.200.